The van der Waals surface area contributed by atoms with Crippen molar-refractivity contribution in [2.75, 3.05) is 32.6 Å². The van der Waals surface area contributed by atoms with Crippen LogP contribution >= 0.6 is 7.60 Å². The molecule has 134 valence electrons. The van der Waals surface area contributed by atoms with Crippen molar-refractivity contribution in [2.45, 2.75) is 52.4 Å². The van der Waals surface area contributed by atoms with Crippen molar-refractivity contribution in [3.8, 4) is 0 Å². The average molecular weight is 344 g/mol. The van der Waals surface area contributed by atoms with E-state index in [-0.39, 0.29) is 0 Å². The molecule has 0 aromatic heterocycles. The summed E-state index contributed by atoms with van der Waals surface area (Å²) in [5.41, 5.74) is 0. The number of fused-ring (bicyclic) bond motifs is 2. The van der Waals surface area contributed by atoms with Gasteiger partial charge < -0.3 is 13.8 Å². The Labute approximate surface area is 141 Å². The van der Waals surface area contributed by atoms with Gasteiger partial charge in [-0.05, 0) is 57.3 Å². The van der Waals surface area contributed by atoms with Crippen molar-refractivity contribution in [1.29, 1.82) is 0 Å². The highest BCUT2D eigenvalue weighted by Gasteiger charge is 2.35. The lowest BCUT2D eigenvalue weighted by Gasteiger charge is -2.18. The standard InChI is InChI=1S/C18H33O4P/c1-3-21-23(19,22-4-2)12-8-6-5-7-11-20-15-18-14-16-9-10-17(18)13-16/h9-10,16-18H,3-8,11-15H2,1-2H3/t16-,17+,18-/m0/s1. The largest absolute Gasteiger partial charge is 0.381 e. The minimum atomic E-state index is -2.84. The summed E-state index contributed by atoms with van der Waals surface area (Å²) in [5.74, 6) is 2.37. The molecule has 2 rings (SSSR count). The fourth-order valence-electron chi connectivity index (χ4n) is 3.74. The fourth-order valence-corrected chi connectivity index (χ4v) is 5.47. The van der Waals surface area contributed by atoms with Gasteiger partial charge >= 0.3 is 7.60 Å². The van der Waals surface area contributed by atoms with Crippen LogP contribution < -0.4 is 0 Å². The summed E-state index contributed by atoms with van der Waals surface area (Å²) in [6, 6.07) is 0. The van der Waals surface area contributed by atoms with E-state index in [1.165, 1.54) is 12.8 Å². The van der Waals surface area contributed by atoms with Crippen molar-refractivity contribution in [1.82, 2.24) is 0 Å². The first-order valence-corrected chi connectivity index (χ1v) is 11.0. The first-order chi connectivity index (χ1) is 11.2. The fraction of sp³-hybridized carbons (Fsp3) is 0.889. The SMILES string of the molecule is CCOP(=O)(CCCCCCOC[C@@H]1C[C@H]2C=C[C@@H]1C2)OCC. The third-order valence-electron chi connectivity index (χ3n) is 4.87. The highest BCUT2D eigenvalue weighted by molar-refractivity contribution is 7.53. The molecular formula is C18H33O4P. The Morgan fingerprint density at radius 3 is 2.35 bits per heavy atom. The highest BCUT2D eigenvalue weighted by atomic mass is 31.2. The molecule has 2 aliphatic rings. The van der Waals surface area contributed by atoms with Crippen LogP contribution in [0.4, 0.5) is 0 Å². The molecule has 0 heterocycles. The molecule has 4 nitrogen and oxygen atoms in total. The molecule has 0 aliphatic heterocycles. The van der Waals surface area contributed by atoms with Crippen LogP contribution in [0, 0.1) is 17.8 Å². The lowest BCUT2D eigenvalue weighted by molar-refractivity contribution is 0.0877. The molecule has 5 heteroatoms. The van der Waals surface area contributed by atoms with Crippen molar-refractivity contribution >= 4 is 7.60 Å². The molecule has 0 aromatic carbocycles. The van der Waals surface area contributed by atoms with Gasteiger partial charge in [0.2, 0.25) is 0 Å². The van der Waals surface area contributed by atoms with E-state index in [0.29, 0.717) is 19.4 Å². The van der Waals surface area contributed by atoms with Gasteiger partial charge in [-0.15, -0.1) is 0 Å². The minimum absolute atomic E-state index is 0.448. The Hall–Kier alpha value is -0.150. The van der Waals surface area contributed by atoms with Gasteiger partial charge in [-0.25, -0.2) is 0 Å². The van der Waals surface area contributed by atoms with Crippen molar-refractivity contribution in [3.63, 3.8) is 0 Å². The molecule has 0 spiro atoms. The zero-order valence-corrected chi connectivity index (χ0v) is 15.6. The zero-order chi connectivity index (χ0) is 16.5. The van der Waals surface area contributed by atoms with E-state index in [9.17, 15) is 4.57 Å². The van der Waals surface area contributed by atoms with Gasteiger partial charge in [0.1, 0.15) is 0 Å². The number of hydrogen-bond donors (Lipinski definition) is 0. The van der Waals surface area contributed by atoms with E-state index in [0.717, 1.165) is 56.7 Å². The number of rotatable bonds is 13. The first kappa shape index (κ1) is 19.2. The van der Waals surface area contributed by atoms with E-state index in [1.54, 1.807) is 0 Å². The third-order valence-corrected chi connectivity index (χ3v) is 7.04. The minimum Gasteiger partial charge on any atom is -0.381 e. The summed E-state index contributed by atoms with van der Waals surface area (Å²) in [6.45, 7) is 6.39. The number of allylic oxidation sites excluding steroid dienone is 2. The molecule has 1 fully saturated rings. The topological polar surface area (TPSA) is 44.8 Å². The van der Waals surface area contributed by atoms with Crippen molar-refractivity contribution in [3.05, 3.63) is 12.2 Å². The Balaban J connectivity index is 1.45. The van der Waals surface area contributed by atoms with Gasteiger partial charge in [-0.1, -0.05) is 25.0 Å². The quantitative estimate of drug-likeness (QED) is 0.267. The maximum Gasteiger partial charge on any atom is 0.330 e. The maximum absolute atomic E-state index is 12.3. The second-order valence-electron chi connectivity index (χ2n) is 6.70. The Kier molecular flexibility index (Phi) is 8.32. The molecule has 2 aliphatic carbocycles. The molecule has 1 saturated carbocycles. The summed E-state index contributed by atoms with van der Waals surface area (Å²) in [6.07, 6.45) is 12.1. The maximum atomic E-state index is 12.3. The molecule has 3 atom stereocenters. The normalized spacial score (nSPS) is 26.3. The molecule has 0 radical (unpaired) electrons. The molecule has 0 N–H and O–H groups in total. The smallest absolute Gasteiger partial charge is 0.330 e. The number of ether oxygens (including phenoxy) is 1. The van der Waals surface area contributed by atoms with Crippen LogP contribution in [0.3, 0.4) is 0 Å². The summed E-state index contributed by atoms with van der Waals surface area (Å²) in [5, 5.41) is 0. The van der Waals surface area contributed by atoms with E-state index >= 15 is 0 Å². The van der Waals surface area contributed by atoms with E-state index in [2.05, 4.69) is 12.2 Å². The number of unbranched alkanes of at least 4 members (excludes halogenated alkanes) is 3. The lowest BCUT2D eigenvalue weighted by Crippen LogP contribution is -2.14. The predicted octanol–water partition coefficient (Wildman–Crippen LogP) is 5.04. The first-order valence-electron chi connectivity index (χ1n) is 9.31. The summed E-state index contributed by atoms with van der Waals surface area (Å²) in [4.78, 5) is 0. The van der Waals surface area contributed by atoms with E-state index < -0.39 is 7.60 Å². The second kappa shape index (κ2) is 9.98. The average Bonchev–Trinajstić information content (AvgIpc) is 3.13. The molecule has 0 saturated heterocycles. The van der Waals surface area contributed by atoms with Gasteiger partial charge in [0, 0.05) is 13.2 Å². The van der Waals surface area contributed by atoms with Crippen molar-refractivity contribution < 1.29 is 18.3 Å². The Morgan fingerprint density at radius 2 is 1.74 bits per heavy atom. The molecule has 0 amide bonds. The molecule has 0 aromatic rings. The summed E-state index contributed by atoms with van der Waals surface area (Å²) >= 11 is 0. The molecule has 0 unspecified atom stereocenters. The van der Waals surface area contributed by atoms with Crippen LogP contribution in [0.2, 0.25) is 0 Å². The van der Waals surface area contributed by atoms with E-state index in [4.69, 9.17) is 13.8 Å². The molecular weight excluding hydrogens is 311 g/mol. The summed E-state index contributed by atoms with van der Waals surface area (Å²) < 4.78 is 28.7. The van der Waals surface area contributed by atoms with Crippen LogP contribution in [0.1, 0.15) is 52.4 Å². The predicted molar refractivity (Wildman–Crippen MR) is 93.9 cm³/mol. The lowest BCUT2D eigenvalue weighted by atomic mass is 9.95. The van der Waals surface area contributed by atoms with Crippen LogP contribution in [0.15, 0.2) is 12.2 Å². The van der Waals surface area contributed by atoms with Crippen LogP contribution in [-0.2, 0) is 18.3 Å². The van der Waals surface area contributed by atoms with Gasteiger partial charge in [0.05, 0.1) is 19.4 Å². The van der Waals surface area contributed by atoms with Gasteiger partial charge in [-0.3, -0.25) is 4.57 Å². The monoisotopic (exact) mass is 344 g/mol. The zero-order valence-electron chi connectivity index (χ0n) is 14.7. The Bertz CT molecular complexity index is 400. The van der Waals surface area contributed by atoms with Gasteiger partial charge in [0.25, 0.3) is 0 Å². The second-order valence-corrected chi connectivity index (χ2v) is 8.88. The number of hydrogen-bond acceptors (Lipinski definition) is 4. The van der Waals surface area contributed by atoms with Crippen LogP contribution in [-0.4, -0.2) is 32.6 Å². The Morgan fingerprint density at radius 1 is 1.00 bits per heavy atom. The highest BCUT2D eigenvalue weighted by Crippen LogP contribution is 2.48. The van der Waals surface area contributed by atoms with Crippen LogP contribution in [0.25, 0.3) is 0 Å². The van der Waals surface area contributed by atoms with Crippen LogP contribution in [0.5, 0.6) is 0 Å². The molecule has 2 bridgehead atoms. The van der Waals surface area contributed by atoms with Crippen molar-refractivity contribution in [2.24, 2.45) is 17.8 Å². The van der Waals surface area contributed by atoms with Gasteiger partial charge in [-0.2, -0.15) is 0 Å². The summed E-state index contributed by atoms with van der Waals surface area (Å²) in [7, 11) is -2.84. The van der Waals surface area contributed by atoms with Gasteiger partial charge in [0.15, 0.2) is 0 Å². The molecule has 23 heavy (non-hydrogen) atoms. The third kappa shape index (κ3) is 6.34. The van der Waals surface area contributed by atoms with E-state index in [1.807, 2.05) is 13.8 Å².